The molecule has 2 aromatic carbocycles. The van der Waals surface area contributed by atoms with Crippen LogP contribution in [0.2, 0.25) is 0 Å². The number of hydrogen-bond acceptors (Lipinski definition) is 4. The van der Waals surface area contributed by atoms with Crippen LogP contribution in [0.25, 0.3) is 6.08 Å². The number of carbonyl (C=O) groups excluding carboxylic acids is 1. The van der Waals surface area contributed by atoms with E-state index in [0.29, 0.717) is 11.5 Å². The highest BCUT2D eigenvalue weighted by Gasteiger charge is 2.35. The van der Waals surface area contributed by atoms with Gasteiger partial charge in [-0.15, -0.1) is 0 Å². The van der Waals surface area contributed by atoms with Crippen molar-refractivity contribution in [3.05, 3.63) is 66.9 Å². The molecule has 0 N–H and O–H groups in total. The molecule has 0 saturated carbocycles. The molecule has 7 heteroatoms. The number of aliphatic imine (C=N–C) groups is 1. The van der Waals surface area contributed by atoms with Crippen LogP contribution in [-0.4, -0.2) is 28.1 Å². The molecule has 1 fully saturated rings. The third kappa shape index (κ3) is 6.02. The Morgan fingerprint density at radius 2 is 1.71 bits per heavy atom. The average molecular weight is 566 g/mol. The lowest BCUT2D eigenvalue weighted by molar-refractivity contribution is -0.123. The third-order valence-electron chi connectivity index (χ3n) is 4.54. The van der Waals surface area contributed by atoms with Gasteiger partial charge in [-0.1, -0.05) is 29.8 Å². The third-order valence-corrected chi connectivity index (χ3v) is 6.72. The first-order chi connectivity index (χ1) is 14.7. The summed E-state index contributed by atoms with van der Waals surface area (Å²) in [5, 5.41) is 0.762. The molecule has 0 aliphatic carbocycles. The first kappa shape index (κ1) is 24.1. The Morgan fingerprint density at radius 3 is 2.26 bits per heavy atom. The molecule has 1 aliphatic rings. The van der Waals surface area contributed by atoms with Gasteiger partial charge in [-0.05, 0) is 108 Å². The Balaban J connectivity index is 1.83. The second-order valence-corrected chi connectivity index (χ2v) is 10.7. The van der Waals surface area contributed by atoms with Gasteiger partial charge in [-0.25, -0.2) is 0 Å². The van der Waals surface area contributed by atoms with Gasteiger partial charge in [0.2, 0.25) is 0 Å². The molecular formula is C24H26Br2N2O2S. The lowest BCUT2D eigenvalue weighted by Crippen LogP contribution is -2.35. The van der Waals surface area contributed by atoms with Crippen LogP contribution in [-0.2, 0) is 11.4 Å². The molecule has 2 aromatic rings. The van der Waals surface area contributed by atoms with E-state index in [2.05, 4.69) is 68.0 Å². The number of benzene rings is 2. The summed E-state index contributed by atoms with van der Waals surface area (Å²) in [6.45, 7) is 10.6. The summed E-state index contributed by atoms with van der Waals surface area (Å²) >= 11 is 8.66. The van der Waals surface area contributed by atoms with E-state index in [-0.39, 0.29) is 18.0 Å². The van der Waals surface area contributed by atoms with E-state index in [0.717, 1.165) is 31.0 Å². The molecule has 4 nitrogen and oxygen atoms in total. The smallest absolute Gasteiger partial charge is 0.266 e. The highest BCUT2D eigenvalue weighted by molar-refractivity contribution is 9.11. The van der Waals surface area contributed by atoms with Gasteiger partial charge >= 0.3 is 0 Å². The molecule has 0 spiro atoms. The summed E-state index contributed by atoms with van der Waals surface area (Å²) in [5.74, 6) is 0.727. The lowest BCUT2D eigenvalue weighted by Gasteiger charge is -2.20. The molecular weight excluding hydrogens is 540 g/mol. The quantitative estimate of drug-likeness (QED) is 0.348. The van der Waals surface area contributed by atoms with Crippen LogP contribution >= 0.6 is 43.6 Å². The highest BCUT2D eigenvalue weighted by atomic mass is 79.9. The predicted octanol–water partition coefficient (Wildman–Crippen LogP) is 7.19. The minimum absolute atomic E-state index is 0.00802. The summed E-state index contributed by atoms with van der Waals surface area (Å²) in [5.41, 5.74) is 3.24. The Labute approximate surface area is 205 Å². The van der Waals surface area contributed by atoms with Crippen LogP contribution in [0, 0.1) is 6.92 Å². The summed E-state index contributed by atoms with van der Waals surface area (Å²) in [6.07, 6.45) is 1.91. The van der Waals surface area contributed by atoms with Crippen LogP contribution in [0.5, 0.6) is 5.75 Å². The minimum atomic E-state index is -0.00802. The van der Waals surface area contributed by atoms with Gasteiger partial charge in [-0.3, -0.25) is 14.7 Å². The maximum atomic E-state index is 13.0. The van der Waals surface area contributed by atoms with Crippen molar-refractivity contribution < 1.29 is 9.53 Å². The zero-order valence-electron chi connectivity index (χ0n) is 18.3. The van der Waals surface area contributed by atoms with E-state index in [1.807, 2.05) is 45.9 Å². The standard InChI is InChI=1S/C24H26Br2N2O2S/c1-14(2)27-24-28(15(3)4)23(29)21(31-24)12-18-10-19(25)22(20(26)11-18)30-13-17-8-6-16(5)7-9-17/h6-12,14-15H,13H2,1-5H3/b21-12+,27-24?. The fourth-order valence-electron chi connectivity index (χ4n) is 3.04. The van der Waals surface area contributed by atoms with Gasteiger partial charge < -0.3 is 4.74 Å². The Kier molecular flexibility index (Phi) is 8.05. The Hall–Kier alpha value is -1.57. The van der Waals surface area contributed by atoms with Crippen molar-refractivity contribution in [2.24, 2.45) is 4.99 Å². The molecule has 1 saturated heterocycles. The second-order valence-electron chi connectivity index (χ2n) is 7.97. The highest BCUT2D eigenvalue weighted by Crippen LogP contribution is 2.38. The Morgan fingerprint density at radius 1 is 1.10 bits per heavy atom. The van der Waals surface area contributed by atoms with Crippen molar-refractivity contribution in [3.63, 3.8) is 0 Å². The van der Waals surface area contributed by atoms with Crippen molar-refractivity contribution >= 4 is 60.8 Å². The fraction of sp³-hybridized carbons (Fsp3) is 0.333. The van der Waals surface area contributed by atoms with Gasteiger partial charge in [0.25, 0.3) is 5.91 Å². The lowest BCUT2D eigenvalue weighted by atomic mass is 10.1. The monoisotopic (exact) mass is 564 g/mol. The summed E-state index contributed by atoms with van der Waals surface area (Å²) in [7, 11) is 0. The van der Waals surface area contributed by atoms with Crippen LogP contribution in [0.3, 0.4) is 0 Å². The van der Waals surface area contributed by atoms with E-state index in [1.165, 1.54) is 17.3 Å². The molecule has 0 unspecified atom stereocenters. The van der Waals surface area contributed by atoms with Crippen molar-refractivity contribution in [1.29, 1.82) is 0 Å². The minimum Gasteiger partial charge on any atom is -0.487 e. The molecule has 31 heavy (non-hydrogen) atoms. The summed E-state index contributed by atoms with van der Waals surface area (Å²) in [6, 6.07) is 12.4. The molecule has 0 radical (unpaired) electrons. The van der Waals surface area contributed by atoms with Gasteiger partial charge in [0, 0.05) is 12.1 Å². The van der Waals surface area contributed by atoms with Crippen molar-refractivity contribution in [2.45, 2.75) is 53.3 Å². The van der Waals surface area contributed by atoms with Crippen LogP contribution < -0.4 is 4.74 Å². The van der Waals surface area contributed by atoms with Crippen molar-refractivity contribution in [2.75, 3.05) is 0 Å². The summed E-state index contributed by atoms with van der Waals surface area (Å²) in [4.78, 5) is 20.0. The first-order valence-electron chi connectivity index (χ1n) is 10.1. The molecule has 1 heterocycles. The molecule has 0 atom stereocenters. The number of thioether (sulfide) groups is 1. The zero-order chi connectivity index (χ0) is 22.7. The number of ether oxygens (including phenoxy) is 1. The maximum Gasteiger partial charge on any atom is 0.266 e. The SMILES string of the molecule is Cc1ccc(COc2c(Br)cc(/C=C3/SC(=NC(C)C)N(C(C)C)C3=O)cc2Br)cc1. The van der Waals surface area contributed by atoms with Crippen LogP contribution in [0.1, 0.15) is 44.4 Å². The Bertz CT molecular complexity index is 1010. The number of hydrogen-bond donors (Lipinski definition) is 0. The van der Waals surface area contributed by atoms with Gasteiger partial charge in [0.05, 0.1) is 13.9 Å². The van der Waals surface area contributed by atoms with E-state index < -0.39 is 0 Å². The van der Waals surface area contributed by atoms with E-state index >= 15 is 0 Å². The zero-order valence-corrected chi connectivity index (χ0v) is 22.3. The second kappa shape index (κ2) is 10.4. The number of carbonyl (C=O) groups is 1. The molecule has 3 rings (SSSR count). The average Bonchev–Trinajstić information content (AvgIpc) is 2.96. The predicted molar refractivity (Wildman–Crippen MR) is 137 cm³/mol. The fourth-order valence-corrected chi connectivity index (χ4v) is 5.73. The van der Waals surface area contributed by atoms with Crippen molar-refractivity contribution in [1.82, 2.24) is 4.90 Å². The molecule has 0 bridgehead atoms. The number of amides is 1. The topological polar surface area (TPSA) is 41.9 Å². The number of amidine groups is 1. The van der Waals surface area contributed by atoms with Gasteiger partial charge in [0.1, 0.15) is 12.4 Å². The van der Waals surface area contributed by atoms with Crippen LogP contribution in [0.15, 0.2) is 55.2 Å². The normalized spacial score (nSPS) is 16.9. The molecule has 1 amide bonds. The van der Waals surface area contributed by atoms with E-state index in [9.17, 15) is 4.79 Å². The number of nitrogens with zero attached hydrogens (tertiary/aromatic N) is 2. The largest absolute Gasteiger partial charge is 0.487 e. The maximum absolute atomic E-state index is 13.0. The van der Waals surface area contributed by atoms with E-state index in [1.54, 1.807) is 4.90 Å². The number of rotatable bonds is 6. The number of aryl methyl sites for hydroxylation is 1. The molecule has 0 aromatic heterocycles. The summed E-state index contributed by atoms with van der Waals surface area (Å²) < 4.78 is 7.69. The molecule has 1 aliphatic heterocycles. The van der Waals surface area contributed by atoms with Crippen molar-refractivity contribution in [3.8, 4) is 5.75 Å². The van der Waals surface area contributed by atoms with E-state index in [4.69, 9.17) is 4.74 Å². The first-order valence-corrected chi connectivity index (χ1v) is 12.5. The number of halogens is 2. The van der Waals surface area contributed by atoms with Gasteiger partial charge in [-0.2, -0.15) is 0 Å². The van der Waals surface area contributed by atoms with Crippen LogP contribution in [0.4, 0.5) is 0 Å². The van der Waals surface area contributed by atoms with Gasteiger partial charge in [0.15, 0.2) is 5.17 Å². The molecule has 164 valence electrons.